The highest BCUT2D eigenvalue weighted by Gasteiger charge is 2.11. The number of nitrogens with one attached hydrogen (secondary N) is 3. The molecule has 0 aliphatic rings. The number of pyridine rings is 1. The van der Waals surface area contributed by atoms with E-state index in [4.69, 9.17) is 0 Å². The zero-order chi connectivity index (χ0) is 26.8. The summed E-state index contributed by atoms with van der Waals surface area (Å²) in [5.41, 5.74) is 2.28. The summed E-state index contributed by atoms with van der Waals surface area (Å²) in [6.07, 6.45) is 4.97. The number of benzene rings is 1. The Morgan fingerprint density at radius 2 is 1.95 bits per heavy atom. The molecule has 0 bridgehead atoms. The van der Waals surface area contributed by atoms with E-state index in [0.29, 0.717) is 39.9 Å². The normalized spacial score (nSPS) is 12.3. The molecular weight excluding hydrogens is 498 g/mol. The van der Waals surface area contributed by atoms with Crippen molar-refractivity contribution < 1.29 is 18.4 Å². The molecule has 37 heavy (non-hydrogen) atoms. The standard InChI is InChI=1S/C26H26F2N6O2S/c1-16(13-31-24(29-3)17(2)25(36)32-14-19-6-4-5-11-30-19)7-10-23(35)33-22-15-37-26(34-22)18-8-9-20(27)21(28)12-18/h4-9,11-13,15,29H,10,14H2,1-3H3,(H,32,36)(H,33,35)/b16-7-,24-17+,31-13-. The van der Waals surface area contributed by atoms with Crippen LogP contribution in [0.5, 0.6) is 0 Å². The number of carbonyl (C=O) groups is 2. The van der Waals surface area contributed by atoms with Crippen molar-refractivity contribution in [3.63, 3.8) is 0 Å². The quantitative estimate of drug-likeness (QED) is 0.265. The van der Waals surface area contributed by atoms with Gasteiger partial charge in [0.05, 0.1) is 17.8 Å². The predicted molar refractivity (Wildman–Crippen MR) is 141 cm³/mol. The van der Waals surface area contributed by atoms with E-state index < -0.39 is 11.6 Å². The van der Waals surface area contributed by atoms with Gasteiger partial charge in [0.15, 0.2) is 11.6 Å². The first-order chi connectivity index (χ1) is 17.8. The van der Waals surface area contributed by atoms with E-state index >= 15 is 0 Å². The van der Waals surface area contributed by atoms with E-state index in [2.05, 4.69) is 30.9 Å². The minimum atomic E-state index is -0.961. The highest BCUT2D eigenvalue weighted by molar-refractivity contribution is 7.13. The summed E-state index contributed by atoms with van der Waals surface area (Å²) in [6.45, 7) is 3.74. The fourth-order valence-corrected chi connectivity index (χ4v) is 3.77. The second-order valence-corrected chi connectivity index (χ2v) is 8.71. The van der Waals surface area contributed by atoms with E-state index in [1.165, 1.54) is 17.4 Å². The highest BCUT2D eigenvalue weighted by Crippen LogP contribution is 2.27. The number of anilines is 1. The Bertz CT molecular complexity index is 1350. The van der Waals surface area contributed by atoms with Gasteiger partial charge in [-0.2, -0.15) is 0 Å². The first-order valence-electron chi connectivity index (χ1n) is 11.2. The van der Waals surface area contributed by atoms with Crippen LogP contribution in [0.2, 0.25) is 0 Å². The fourth-order valence-electron chi connectivity index (χ4n) is 3.02. The molecule has 0 radical (unpaired) electrons. The van der Waals surface area contributed by atoms with Crippen LogP contribution in [-0.2, 0) is 16.1 Å². The summed E-state index contributed by atoms with van der Waals surface area (Å²) in [6, 6.07) is 8.99. The van der Waals surface area contributed by atoms with Crippen molar-refractivity contribution in [3.8, 4) is 10.6 Å². The summed E-state index contributed by atoms with van der Waals surface area (Å²) in [4.78, 5) is 37.5. The van der Waals surface area contributed by atoms with Gasteiger partial charge in [-0.25, -0.2) is 18.8 Å². The Balaban J connectivity index is 1.54. The number of hydrogen-bond donors (Lipinski definition) is 3. The van der Waals surface area contributed by atoms with E-state index in [1.54, 1.807) is 50.8 Å². The van der Waals surface area contributed by atoms with Gasteiger partial charge in [-0.05, 0) is 49.8 Å². The molecule has 3 N–H and O–H groups in total. The second-order valence-electron chi connectivity index (χ2n) is 7.85. The number of aliphatic imine (C=N–C) groups is 1. The van der Waals surface area contributed by atoms with Crippen LogP contribution in [0.1, 0.15) is 26.0 Å². The number of thiazole rings is 1. The molecule has 3 aromatic rings. The maximum Gasteiger partial charge on any atom is 0.250 e. The second kappa shape index (κ2) is 13.2. The number of amides is 2. The molecule has 0 unspecified atom stereocenters. The first-order valence-corrected chi connectivity index (χ1v) is 12.1. The minimum Gasteiger partial charge on any atom is -0.373 e. The van der Waals surface area contributed by atoms with Gasteiger partial charge >= 0.3 is 0 Å². The van der Waals surface area contributed by atoms with Gasteiger partial charge in [-0.3, -0.25) is 14.6 Å². The number of nitrogens with zero attached hydrogens (tertiary/aromatic N) is 3. The molecule has 3 rings (SSSR count). The molecule has 0 aliphatic heterocycles. The molecule has 0 saturated carbocycles. The van der Waals surface area contributed by atoms with Crippen molar-refractivity contribution in [2.75, 3.05) is 12.4 Å². The topological polar surface area (TPSA) is 108 Å². The van der Waals surface area contributed by atoms with Crippen LogP contribution in [0.15, 0.2) is 76.0 Å². The van der Waals surface area contributed by atoms with Crippen LogP contribution in [0.25, 0.3) is 10.6 Å². The van der Waals surface area contributed by atoms with Crippen LogP contribution in [0.4, 0.5) is 14.6 Å². The number of aromatic nitrogens is 2. The zero-order valence-electron chi connectivity index (χ0n) is 20.5. The summed E-state index contributed by atoms with van der Waals surface area (Å²) in [5, 5.41) is 10.5. The SMILES string of the molecule is CNC(/N=C\C(C)=C/CC(=O)Nc1csc(-c2ccc(F)c(F)c2)n1)=C(/C)C(=O)NCc1ccccn1. The Morgan fingerprint density at radius 1 is 1.14 bits per heavy atom. The molecule has 0 fully saturated rings. The Labute approximate surface area is 217 Å². The molecule has 1 aromatic carbocycles. The zero-order valence-corrected chi connectivity index (χ0v) is 21.3. The van der Waals surface area contributed by atoms with Crippen molar-refractivity contribution in [1.82, 2.24) is 20.6 Å². The summed E-state index contributed by atoms with van der Waals surface area (Å²) in [5.74, 6) is -1.76. The van der Waals surface area contributed by atoms with Crippen LogP contribution < -0.4 is 16.0 Å². The van der Waals surface area contributed by atoms with Crippen LogP contribution in [0, 0.1) is 11.6 Å². The minimum absolute atomic E-state index is 0.0675. The lowest BCUT2D eigenvalue weighted by molar-refractivity contribution is -0.118. The lowest BCUT2D eigenvalue weighted by Crippen LogP contribution is -2.26. The van der Waals surface area contributed by atoms with Crippen LogP contribution >= 0.6 is 11.3 Å². The first kappa shape index (κ1) is 27.3. The monoisotopic (exact) mass is 524 g/mol. The number of rotatable bonds is 10. The van der Waals surface area contributed by atoms with Crippen molar-refractivity contribution in [2.24, 2.45) is 4.99 Å². The van der Waals surface area contributed by atoms with Gasteiger partial charge in [0, 0.05) is 36.8 Å². The van der Waals surface area contributed by atoms with Crippen LogP contribution in [-0.4, -0.2) is 35.0 Å². The number of allylic oxidation sites excluding steroid dienone is 1. The van der Waals surface area contributed by atoms with E-state index in [1.807, 2.05) is 12.1 Å². The van der Waals surface area contributed by atoms with E-state index in [-0.39, 0.29) is 18.2 Å². The fraction of sp³-hybridized carbons (Fsp3) is 0.192. The highest BCUT2D eigenvalue weighted by atomic mass is 32.1. The molecule has 8 nitrogen and oxygen atoms in total. The van der Waals surface area contributed by atoms with Gasteiger partial charge in [0.1, 0.15) is 16.6 Å². The van der Waals surface area contributed by atoms with E-state index in [0.717, 1.165) is 17.8 Å². The smallest absolute Gasteiger partial charge is 0.250 e. The molecular formula is C26H26F2N6O2S. The average molecular weight is 525 g/mol. The number of carbonyl (C=O) groups excluding carboxylic acids is 2. The van der Waals surface area contributed by atoms with Crippen molar-refractivity contribution in [1.29, 1.82) is 0 Å². The Hall–Kier alpha value is -4.25. The molecule has 2 aromatic heterocycles. The third kappa shape index (κ3) is 8.14. The molecule has 0 spiro atoms. The molecule has 0 atom stereocenters. The van der Waals surface area contributed by atoms with Crippen molar-refractivity contribution >= 4 is 35.2 Å². The van der Waals surface area contributed by atoms with Crippen LogP contribution in [0.3, 0.4) is 0 Å². The molecule has 0 aliphatic carbocycles. The Morgan fingerprint density at radius 3 is 2.65 bits per heavy atom. The molecule has 192 valence electrons. The van der Waals surface area contributed by atoms with Gasteiger partial charge in [-0.1, -0.05) is 12.1 Å². The summed E-state index contributed by atoms with van der Waals surface area (Å²) >= 11 is 1.20. The van der Waals surface area contributed by atoms with E-state index in [9.17, 15) is 18.4 Å². The number of hydrogen-bond acceptors (Lipinski definition) is 7. The maximum absolute atomic E-state index is 13.5. The van der Waals surface area contributed by atoms with Crippen molar-refractivity contribution in [3.05, 3.63) is 88.3 Å². The Kier molecular flexibility index (Phi) is 9.73. The molecule has 11 heteroatoms. The lowest BCUT2D eigenvalue weighted by atomic mass is 10.2. The molecule has 2 amide bonds. The molecule has 2 heterocycles. The van der Waals surface area contributed by atoms with Gasteiger partial charge in [-0.15, -0.1) is 11.3 Å². The third-order valence-electron chi connectivity index (χ3n) is 5.03. The van der Waals surface area contributed by atoms with Crippen molar-refractivity contribution in [2.45, 2.75) is 26.8 Å². The van der Waals surface area contributed by atoms with Gasteiger partial charge < -0.3 is 16.0 Å². The molecule has 0 saturated heterocycles. The maximum atomic E-state index is 13.5. The summed E-state index contributed by atoms with van der Waals surface area (Å²) in [7, 11) is 1.66. The number of halogens is 2. The predicted octanol–water partition coefficient (Wildman–Crippen LogP) is 4.60. The largest absolute Gasteiger partial charge is 0.373 e. The third-order valence-corrected chi connectivity index (χ3v) is 5.93. The van der Waals surface area contributed by atoms with Gasteiger partial charge in [0.25, 0.3) is 5.91 Å². The average Bonchev–Trinajstić information content (AvgIpc) is 3.36. The lowest BCUT2D eigenvalue weighted by Gasteiger charge is -2.08. The summed E-state index contributed by atoms with van der Waals surface area (Å²) < 4.78 is 26.6. The van der Waals surface area contributed by atoms with Gasteiger partial charge in [0.2, 0.25) is 5.91 Å².